The highest BCUT2D eigenvalue weighted by Crippen LogP contribution is 2.26. The molecule has 0 aliphatic heterocycles. The summed E-state index contributed by atoms with van der Waals surface area (Å²) < 4.78 is 5.86. The van der Waals surface area contributed by atoms with E-state index in [0.29, 0.717) is 23.2 Å². The summed E-state index contributed by atoms with van der Waals surface area (Å²) in [6, 6.07) is 13.0. The molecule has 6 heteroatoms. The van der Waals surface area contributed by atoms with Gasteiger partial charge >= 0.3 is 6.03 Å². The molecule has 6 nitrogen and oxygen atoms in total. The monoisotopic (exact) mass is 320 g/mol. The molecule has 1 aromatic heterocycles. The molecule has 1 aliphatic carbocycles. The number of urea groups is 1. The van der Waals surface area contributed by atoms with Crippen molar-refractivity contribution >= 4 is 22.8 Å². The predicted molar refractivity (Wildman–Crippen MR) is 91.2 cm³/mol. The minimum absolute atomic E-state index is 0.185. The van der Waals surface area contributed by atoms with E-state index in [1.807, 2.05) is 36.4 Å². The van der Waals surface area contributed by atoms with Crippen molar-refractivity contribution in [3.63, 3.8) is 0 Å². The first kappa shape index (κ1) is 14.4. The van der Waals surface area contributed by atoms with Gasteiger partial charge in [0.2, 0.25) is 0 Å². The first-order valence-electron chi connectivity index (χ1n) is 7.82. The number of anilines is 1. The molecule has 1 fully saturated rings. The summed E-state index contributed by atoms with van der Waals surface area (Å²) >= 11 is 0. The summed E-state index contributed by atoms with van der Waals surface area (Å²) in [5, 5.41) is 5.70. The van der Waals surface area contributed by atoms with Gasteiger partial charge in [-0.3, -0.25) is 9.97 Å². The van der Waals surface area contributed by atoms with Crippen molar-refractivity contribution in [1.82, 2.24) is 15.3 Å². The molecule has 3 aromatic rings. The number of hydrogen-bond donors (Lipinski definition) is 2. The molecule has 0 unspecified atom stereocenters. The van der Waals surface area contributed by atoms with Crippen LogP contribution in [0.1, 0.15) is 12.8 Å². The Balaban J connectivity index is 1.48. The minimum atomic E-state index is -0.185. The molecule has 0 bridgehead atoms. The van der Waals surface area contributed by atoms with E-state index in [-0.39, 0.29) is 6.03 Å². The minimum Gasteiger partial charge on any atom is -0.457 e. The molecule has 1 heterocycles. The van der Waals surface area contributed by atoms with Gasteiger partial charge in [-0.05, 0) is 37.1 Å². The van der Waals surface area contributed by atoms with Crippen LogP contribution in [0.3, 0.4) is 0 Å². The number of ether oxygens (including phenoxy) is 1. The van der Waals surface area contributed by atoms with Crippen molar-refractivity contribution in [2.24, 2.45) is 0 Å². The lowest BCUT2D eigenvalue weighted by Gasteiger charge is -2.10. The van der Waals surface area contributed by atoms with Crippen LogP contribution in [0.25, 0.3) is 11.0 Å². The highest BCUT2D eigenvalue weighted by atomic mass is 16.5. The number of hydrogen-bond acceptors (Lipinski definition) is 4. The molecule has 2 aromatic carbocycles. The first-order chi connectivity index (χ1) is 11.8. The Kier molecular flexibility index (Phi) is 3.70. The van der Waals surface area contributed by atoms with E-state index in [9.17, 15) is 4.79 Å². The molecule has 4 rings (SSSR count). The summed E-state index contributed by atoms with van der Waals surface area (Å²) in [6.45, 7) is 0. The molecule has 1 aliphatic rings. The van der Waals surface area contributed by atoms with Crippen LogP contribution in [0.15, 0.2) is 54.9 Å². The number of rotatable bonds is 4. The van der Waals surface area contributed by atoms with Crippen molar-refractivity contribution in [1.29, 1.82) is 0 Å². The van der Waals surface area contributed by atoms with E-state index in [1.54, 1.807) is 18.5 Å². The molecule has 0 spiro atoms. The van der Waals surface area contributed by atoms with E-state index >= 15 is 0 Å². The van der Waals surface area contributed by atoms with Gasteiger partial charge in [0.1, 0.15) is 11.5 Å². The molecular formula is C18H16N4O2. The standard InChI is InChI=1S/C18H16N4O2/c23-18(21-12-4-5-12)22-13-2-1-3-14(10-13)24-15-6-7-16-17(11-15)20-9-8-19-16/h1-3,6-12H,4-5H2,(H2,21,22,23). The Morgan fingerprint density at radius 1 is 1.00 bits per heavy atom. The average Bonchev–Trinajstić information content (AvgIpc) is 3.39. The van der Waals surface area contributed by atoms with E-state index < -0.39 is 0 Å². The smallest absolute Gasteiger partial charge is 0.319 e. The van der Waals surface area contributed by atoms with Crippen LogP contribution in [0, 0.1) is 0 Å². The van der Waals surface area contributed by atoms with E-state index in [2.05, 4.69) is 20.6 Å². The number of carbonyl (C=O) groups excluding carboxylic acids is 1. The van der Waals surface area contributed by atoms with Gasteiger partial charge in [0.05, 0.1) is 11.0 Å². The fourth-order valence-corrected chi connectivity index (χ4v) is 2.36. The molecule has 0 radical (unpaired) electrons. The summed E-state index contributed by atoms with van der Waals surface area (Å²) in [5.74, 6) is 1.31. The quantitative estimate of drug-likeness (QED) is 0.768. The summed E-state index contributed by atoms with van der Waals surface area (Å²) in [7, 11) is 0. The Bertz CT molecular complexity index is 893. The van der Waals surface area contributed by atoms with Gasteiger partial charge in [0, 0.05) is 36.3 Å². The van der Waals surface area contributed by atoms with Gasteiger partial charge in [-0.2, -0.15) is 0 Å². The molecule has 2 amide bonds. The van der Waals surface area contributed by atoms with Crippen LogP contribution in [-0.2, 0) is 0 Å². The summed E-state index contributed by atoms with van der Waals surface area (Å²) in [4.78, 5) is 20.3. The van der Waals surface area contributed by atoms with Gasteiger partial charge < -0.3 is 15.4 Å². The number of benzene rings is 2. The Hall–Kier alpha value is -3.15. The third kappa shape index (κ3) is 3.43. The van der Waals surface area contributed by atoms with Crippen LogP contribution < -0.4 is 15.4 Å². The van der Waals surface area contributed by atoms with Crippen molar-refractivity contribution in [3.8, 4) is 11.5 Å². The second-order valence-corrected chi connectivity index (χ2v) is 5.71. The number of nitrogens with zero attached hydrogens (tertiary/aromatic N) is 2. The van der Waals surface area contributed by atoms with E-state index in [0.717, 1.165) is 23.9 Å². The molecule has 0 atom stereocenters. The molecular weight excluding hydrogens is 304 g/mol. The average molecular weight is 320 g/mol. The van der Waals surface area contributed by atoms with Gasteiger partial charge in [0.25, 0.3) is 0 Å². The largest absolute Gasteiger partial charge is 0.457 e. The predicted octanol–water partition coefficient (Wildman–Crippen LogP) is 3.71. The maximum atomic E-state index is 11.8. The lowest BCUT2D eigenvalue weighted by Crippen LogP contribution is -2.30. The van der Waals surface area contributed by atoms with Gasteiger partial charge in [-0.1, -0.05) is 6.07 Å². The van der Waals surface area contributed by atoms with Crippen LogP contribution in [0.4, 0.5) is 10.5 Å². The molecule has 1 saturated carbocycles. The Morgan fingerprint density at radius 3 is 2.62 bits per heavy atom. The maximum Gasteiger partial charge on any atom is 0.319 e. The number of carbonyl (C=O) groups is 1. The highest BCUT2D eigenvalue weighted by molar-refractivity contribution is 5.89. The zero-order chi connectivity index (χ0) is 16.4. The van der Waals surface area contributed by atoms with Crippen molar-refractivity contribution in [2.45, 2.75) is 18.9 Å². The lowest BCUT2D eigenvalue weighted by molar-refractivity contribution is 0.251. The van der Waals surface area contributed by atoms with E-state index in [4.69, 9.17) is 4.74 Å². The van der Waals surface area contributed by atoms with Crippen molar-refractivity contribution in [2.75, 3.05) is 5.32 Å². The van der Waals surface area contributed by atoms with Gasteiger partial charge in [-0.25, -0.2) is 4.79 Å². The van der Waals surface area contributed by atoms with Crippen molar-refractivity contribution in [3.05, 3.63) is 54.9 Å². The number of amides is 2. The fraction of sp³-hybridized carbons (Fsp3) is 0.167. The molecule has 0 saturated heterocycles. The number of fused-ring (bicyclic) bond motifs is 1. The summed E-state index contributed by atoms with van der Waals surface area (Å²) in [6.07, 6.45) is 5.42. The molecule has 120 valence electrons. The second-order valence-electron chi connectivity index (χ2n) is 5.71. The number of aromatic nitrogens is 2. The SMILES string of the molecule is O=C(Nc1cccc(Oc2ccc3nccnc3c2)c1)NC1CC1. The highest BCUT2D eigenvalue weighted by Gasteiger charge is 2.23. The van der Waals surface area contributed by atoms with Crippen LogP contribution >= 0.6 is 0 Å². The van der Waals surface area contributed by atoms with Crippen LogP contribution in [-0.4, -0.2) is 22.0 Å². The van der Waals surface area contributed by atoms with Gasteiger partial charge in [0.15, 0.2) is 0 Å². The first-order valence-corrected chi connectivity index (χ1v) is 7.82. The van der Waals surface area contributed by atoms with Crippen LogP contribution in [0.2, 0.25) is 0 Å². The second kappa shape index (κ2) is 6.16. The third-order valence-corrected chi connectivity index (χ3v) is 3.68. The third-order valence-electron chi connectivity index (χ3n) is 3.68. The maximum absolute atomic E-state index is 11.8. The topological polar surface area (TPSA) is 76.1 Å². The van der Waals surface area contributed by atoms with E-state index in [1.165, 1.54) is 0 Å². The van der Waals surface area contributed by atoms with Crippen molar-refractivity contribution < 1.29 is 9.53 Å². The number of nitrogens with one attached hydrogen (secondary N) is 2. The van der Waals surface area contributed by atoms with Gasteiger partial charge in [-0.15, -0.1) is 0 Å². The lowest BCUT2D eigenvalue weighted by atomic mass is 10.2. The zero-order valence-electron chi connectivity index (χ0n) is 12.9. The fourth-order valence-electron chi connectivity index (χ4n) is 2.36. The molecule has 2 N–H and O–H groups in total. The van der Waals surface area contributed by atoms with Crippen LogP contribution in [0.5, 0.6) is 11.5 Å². The normalized spacial score (nSPS) is 13.5. The Morgan fingerprint density at radius 2 is 1.79 bits per heavy atom. The Labute approximate surface area is 138 Å². The zero-order valence-corrected chi connectivity index (χ0v) is 12.9. The summed E-state index contributed by atoms with van der Waals surface area (Å²) in [5.41, 5.74) is 2.27. The molecule has 24 heavy (non-hydrogen) atoms.